The van der Waals surface area contributed by atoms with Gasteiger partial charge in [0.2, 0.25) is 11.7 Å². The van der Waals surface area contributed by atoms with Gasteiger partial charge in [0, 0.05) is 58.0 Å². The summed E-state index contributed by atoms with van der Waals surface area (Å²) in [6.07, 6.45) is 1.12. The molecule has 13 heteroatoms. The van der Waals surface area contributed by atoms with Crippen molar-refractivity contribution in [1.29, 1.82) is 0 Å². The summed E-state index contributed by atoms with van der Waals surface area (Å²) < 4.78 is 29.4. The van der Waals surface area contributed by atoms with Crippen LogP contribution in [0.4, 0.5) is 25.2 Å². The van der Waals surface area contributed by atoms with Crippen molar-refractivity contribution in [3.63, 3.8) is 0 Å². The van der Waals surface area contributed by atoms with Gasteiger partial charge in [-0.15, -0.1) is 5.10 Å². The summed E-state index contributed by atoms with van der Waals surface area (Å²) in [5.74, 6) is -3.28. The van der Waals surface area contributed by atoms with Crippen LogP contribution in [0.15, 0.2) is 18.3 Å². The van der Waals surface area contributed by atoms with Crippen molar-refractivity contribution in [3.05, 3.63) is 29.8 Å². The fraction of sp³-hybridized carbons (Fsp3) is 0.429. The van der Waals surface area contributed by atoms with E-state index >= 15 is 0 Å². The quantitative estimate of drug-likeness (QED) is 0.578. The van der Waals surface area contributed by atoms with Gasteiger partial charge in [0.05, 0.1) is 16.9 Å². The highest BCUT2D eigenvalue weighted by atomic mass is 19.3. The van der Waals surface area contributed by atoms with Gasteiger partial charge in [0.15, 0.2) is 11.6 Å². The predicted octanol–water partition coefficient (Wildman–Crippen LogP) is 2.78. The fourth-order valence-electron chi connectivity index (χ4n) is 3.91. The molecule has 1 saturated heterocycles. The Morgan fingerprint density at radius 2 is 2.03 bits per heavy atom. The highest BCUT2D eigenvalue weighted by Gasteiger charge is 2.32. The number of carboxylic acid groups (broad SMARTS) is 1. The number of hydrogen-bond donors (Lipinski definition) is 2. The van der Waals surface area contributed by atoms with E-state index in [1.54, 1.807) is 13.0 Å². The predicted molar refractivity (Wildman–Crippen MR) is 119 cm³/mol. The van der Waals surface area contributed by atoms with Crippen molar-refractivity contribution in [2.24, 2.45) is 0 Å². The van der Waals surface area contributed by atoms with Gasteiger partial charge in [0.25, 0.3) is 0 Å². The van der Waals surface area contributed by atoms with Crippen LogP contribution in [0, 0.1) is 6.92 Å². The molecular formula is C21H24F2N8O3. The number of rotatable bonds is 5. The van der Waals surface area contributed by atoms with Gasteiger partial charge in [-0.2, -0.15) is 8.78 Å². The van der Waals surface area contributed by atoms with Crippen LogP contribution < -0.4 is 10.2 Å². The molecule has 0 spiro atoms. The molecule has 1 aliphatic rings. The third-order valence-electron chi connectivity index (χ3n) is 5.61. The Bertz CT molecular complexity index is 1270. The zero-order chi connectivity index (χ0) is 24.8. The number of amides is 2. The van der Waals surface area contributed by atoms with E-state index in [0.29, 0.717) is 41.9 Å². The number of alkyl halides is 2. The van der Waals surface area contributed by atoms with Crippen LogP contribution in [0.1, 0.15) is 31.8 Å². The first-order valence-electron chi connectivity index (χ1n) is 10.6. The smallest absolute Gasteiger partial charge is 0.407 e. The number of anilines is 2. The van der Waals surface area contributed by atoms with E-state index in [0.717, 1.165) is 6.92 Å². The minimum atomic E-state index is -3.25. The maximum atomic E-state index is 14.0. The average molecular weight is 474 g/mol. The summed E-state index contributed by atoms with van der Waals surface area (Å²) in [6.45, 7) is 4.61. The lowest BCUT2D eigenvalue weighted by molar-refractivity contribution is -0.114. The number of hydrogen-bond acceptors (Lipinski definition) is 7. The van der Waals surface area contributed by atoms with Crippen LogP contribution in [0.2, 0.25) is 0 Å². The standard InChI is InChI=1S/C21H24F2N8O3/c1-11-7-17(27-19(25-11)21(3,22)23)31-15-8-16(26-12(2)32)24-9-14(15)18(28-31)30-6-5-13(10-30)29(4)20(33)34/h7-9,13H,5-6,10H2,1-4H3,(H,33,34)(H,24,26,32). The van der Waals surface area contributed by atoms with Gasteiger partial charge < -0.3 is 20.2 Å². The molecule has 3 aromatic heterocycles. The number of nitrogens with zero attached hydrogens (tertiary/aromatic N) is 7. The number of aromatic nitrogens is 5. The molecule has 2 amide bonds. The Balaban J connectivity index is 1.85. The first-order valence-corrected chi connectivity index (χ1v) is 10.6. The monoisotopic (exact) mass is 474 g/mol. The van der Waals surface area contributed by atoms with E-state index in [-0.39, 0.29) is 23.6 Å². The van der Waals surface area contributed by atoms with Gasteiger partial charge in [-0.3, -0.25) is 4.79 Å². The van der Waals surface area contributed by atoms with Crippen molar-refractivity contribution >= 4 is 34.5 Å². The van der Waals surface area contributed by atoms with Gasteiger partial charge in [0.1, 0.15) is 5.82 Å². The Morgan fingerprint density at radius 1 is 1.29 bits per heavy atom. The Morgan fingerprint density at radius 3 is 2.68 bits per heavy atom. The molecule has 0 aromatic carbocycles. The maximum Gasteiger partial charge on any atom is 0.407 e. The molecule has 11 nitrogen and oxygen atoms in total. The average Bonchev–Trinajstić information content (AvgIpc) is 3.36. The molecule has 0 bridgehead atoms. The van der Waals surface area contributed by atoms with Crippen LogP contribution in [0.5, 0.6) is 0 Å². The van der Waals surface area contributed by atoms with E-state index in [1.165, 1.54) is 35.8 Å². The number of fused-ring (bicyclic) bond motifs is 1. The third-order valence-corrected chi connectivity index (χ3v) is 5.61. The summed E-state index contributed by atoms with van der Waals surface area (Å²) in [4.78, 5) is 38.3. The molecule has 4 heterocycles. The van der Waals surface area contributed by atoms with Crippen molar-refractivity contribution in [2.45, 2.75) is 39.2 Å². The van der Waals surface area contributed by atoms with Crippen LogP contribution in [-0.4, -0.2) is 72.9 Å². The number of aryl methyl sites for hydroxylation is 1. The van der Waals surface area contributed by atoms with E-state index < -0.39 is 17.8 Å². The zero-order valence-electron chi connectivity index (χ0n) is 19.1. The second-order valence-electron chi connectivity index (χ2n) is 8.36. The zero-order valence-corrected chi connectivity index (χ0v) is 19.1. The number of nitrogens with one attached hydrogen (secondary N) is 1. The highest BCUT2D eigenvalue weighted by Crippen LogP contribution is 2.33. The van der Waals surface area contributed by atoms with Crippen LogP contribution >= 0.6 is 0 Å². The van der Waals surface area contributed by atoms with Crippen molar-refractivity contribution in [1.82, 2.24) is 29.6 Å². The van der Waals surface area contributed by atoms with Crippen molar-refractivity contribution in [3.8, 4) is 5.82 Å². The van der Waals surface area contributed by atoms with E-state index in [4.69, 9.17) is 0 Å². The molecule has 1 fully saturated rings. The molecule has 2 N–H and O–H groups in total. The second kappa shape index (κ2) is 8.47. The van der Waals surface area contributed by atoms with Gasteiger partial charge in [-0.1, -0.05) is 0 Å². The van der Waals surface area contributed by atoms with E-state index in [9.17, 15) is 23.5 Å². The van der Waals surface area contributed by atoms with Crippen molar-refractivity contribution in [2.75, 3.05) is 30.4 Å². The molecule has 1 unspecified atom stereocenters. The molecule has 0 radical (unpaired) electrons. The molecule has 1 atom stereocenters. The summed E-state index contributed by atoms with van der Waals surface area (Å²) >= 11 is 0. The van der Waals surface area contributed by atoms with Crippen molar-refractivity contribution < 1.29 is 23.5 Å². The Labute approximate surface area is 193 Å². The first kappa shape index (κ1) is 23.3. The lowest BCUT2D eigenvalue weighted by Crippen LogP contribution is -2.38. The van der Waals surface area contributed by atoms with Gasteiger partial charge in [-0.05, 0) is 13.3 Å². The van der Waals surface area contributed by atoms with E-state index in [1.807, 2.05) is 4.90 Å². The normalized spacial score (nSPS) is 16.2. The molecule has 3 aromatic rings. The van der Waals surface area contributed by atoms with Crippen LogP contribution in [0.25, 0.3) is 16.7 Å². The number of likely N-dealkylation sites (N-methyl/N-ethyl adjacent to an activating group) is 1. The number of carbonyl (C=O) groups excluding carboxylic acids is 1. The summed E-state index contributed by atoms with van der Waals surface area (Å²) in [7, 11) is 1.52. The minimum absolute atomic E-state index is 0.138. The minimum Gasteiger partial charge on any atom is -0.465 e. The summed E-state index contributed by atoms with van der Waals surface area (Å²) in [6, 6.07) is 2.90. The highest BCUT2D eigenvalue weighted by molar-refractivity contribution is 5.95. The largest absolute Gasteiger partial charge is 0.465 e. The topological polar surface area (TPSA) is 129 Å². The molecule has 34 heavy (non-hydrogen) atoms. The molecule has 0 saturated carbocycles. The SMILES string of the molecule is CC(=O)Nc1cc2c(cn1)c(N1CCC(N(C)C(=O)O)C1)nn2-c1cc(C)nc(C(C)(F)F)n1. The van der Waals surface area contributed by atoms with Crippen LogP contribution in [-0.2, 0) is 10.7 Å². The Kier molecular flexibility index (Phi) is 5.79. The van der Waals surface area contributed by atoms with Crippen LogP contribution in [0.3, 0.4) is 0 Å². The molecule has 180 valence electrons. The summed E-state index contributed by atoms with van der Waals surface area (Å²) in [5.41, 5.74) is 0.833. The van der Waals surface area contributed by atoms with Gasteiger partial charge >= 0.3 is 12.0 Å². The third kappa shape index (κ3) is 4.45. The second-order valence-corrected chi connectivity index (χ2v) is 8.36. The molecule has 0 aliphatic carbocycles. The molecule has 4 rings (SSSR count). The number of pyridine rings is 1. The number of carbonyl (C=O) groups is 2. The lowest BCUT2D eigenvalue weighted by Gasteiger charge is -2.22. The maximum absolute atomic E-state index is 14.0. The number of halogens is 2. The first-order chi connectivity index (χ1) is 15.9. The lowest BCUT2D eigenvalue weighted by atomic mass is 10.2. The molecular weight excluding hydrogens is 450 g/mol. The fourth-order valence-corrected chi connectivity index (χ4v) is 3.91. The molecule has 1 aliphatic heterocycles. The van der Waals surface area contributed by atoms with E-state index in [2.05, 4.69) is 25.4 Å². The summed E-state index contributed by atoms with van der Waals surface area (Å²) in [5, 5.41) is 17.2. The Hall–Kier alpha value is -3.90. The van der Waals surface area contributed by atoms with Gasteiger partial charge in [-0.25, -0.2) is 24.4 Å².